The van der Waals surface area contributed by atoms with Gasteiger partial charge in [-0.2, -0.15) is 0 Å². The largest absolute Gasteiger partial charge is 0.463 e. The van der Waals surface area contributed by atoms with Crippen LogP contribution in [0.5, 0.6) is 0 Å². The van der Waals surface area contributed by atoms with E-state index >= 15 is 0 Å². The first-order chi connectivity index (χ1) is 7.56. The Kier molecular flexibility index (Phi) is 6.58. The lowest BCUT2D eigenvalue weighted by molar-refractivity contribution is -0.177. The highest BCUT2D eigenvalue weighted by atomic mass is 16.6. The van der Waals surface area contributed by atoms with E-state index in [0.717, 1.165) is 6.08 Å². The summed E-state index contributed by atoms with van der Waals surface area (Å²) in [6, 6.07) is 0. The van der Waals surface area contributed by atoms with Crippen molar-refractivity contribution in [3.05, 3.63) is 12.7 Å². The molecule has 0 aromatic heterocycles. The molecule has 0 aliphatic rings. The van der Waals surface area contributed by atoms with Crippen LogP contribution in [0.2, 0.25) is 0 Å². The fourth-order valence-electron chi connectivity index (χ4n) is 0.793. The number of carbonyl (C=O) groups is 3. The molecule has 0 aromatic rings. The highest BCUT2D eigenvalue weighted by molar-refractivity contribution is 6.00. The van der Waals surface area contributed by atoms with Crippen LogP contribution in [0.4, 0.5) is 0 Å². The van der Waals surface area contributed by atoms with E-state index in [-0.39, 0.29) is 13.2 Å². The third kappa shape index (κ3) is 4.59. The average Bonchev–Trinajstić information content (AvgIpc) is 2.25. The van der Waals surface area contributed by atoms with Gasteiger partial charge in [-0.15, -0.1) is 0 Å². The summed E-state index contributed by atoms with van der Waals surface area (Å²) in [5.74, 6) is -2.82. The lowest BCUT2D eigenvalue weighted by Gasteiger charge is -2.13. The molecule has 0 aliphatic carbocycles. The monoisotopic (exact) mass is 230 g/mol. The first-order valence-electron chi connectivity index (χ1n) is 4.73. The van der Waals surface area contributed by atoms with Crippen molar-refractivity contribution in [2.24, 2.45) is 0 Å². The zero-order valence-electron chi connectivity index (χ0n) is 9.23. The molecule has 0 fully saturated rings. The zero-order chi connectivity index (χ0) is 12.6. The summed E-state index contributed by atoms with van der Waals surface area (Å²) in [6.45, 7) is 6.42. The molecule has 0 spiro atoms. The molecule has 6 heteroatoms. The third-order valence-electron chi connectivity index (χ3n) is 1.40. The number of rotatable bonds is 6. The van der Waals surface area contributed by atoms with Crippen LogP contribution in [-0.4, -0.2) is 37.2 Å². The normalized spacial score (nSPS) is 9.44. The minimum atomic E-state index is -1.69. The van der Waals surface area contributed by atoms with Crippen LogP contribution in [0.25, 0.3) is 0 Å². The maximum absolute atomic E-state index is 11.3. The zero-order valence-corrected chi connectivity index (χ0v) is 9.23. The first-order valence-corrected chi connectivity index (χ1v) is 4.73. The van der Waals surface area contributed by atoms with Crippen molar-refractivity contribution in [2.75, 3.05) is 13.2 Å². The Morgan fingerprint density at radius 3 is 1.88 bits per heavy atom. The van der Waals surface area contributed by atoms with Crippen molar-refractivity contribution in [2.45, 2.75) is 20.0 Å². The summed E-state index contributed by atoms with van der Waals surface area (Å²) in [5, 5.41) is 0. The number of esters is 3. The molecule has 0 atom stereocenters. The van der Waals surface area contributed by atoms with Crippen LogP contribution in [0.15, 0.2) is 12.7 Å². The molecule has 90 valence electrons. The van der Waals surface area contributed by atoms with E-state index < -0.39 is 24.0 Å². The maximum Gasteiger partial charge on any atom is 0.359 e. The minimum absolute atomic E-state index is 0.0698. The van der Waals surface area contributed by atoms with Gasteiger partial charge >= 0.3 is 17.9 Å². The maximum atomic E-state index is 11.3. The SMILES string of the molecule is C=CC(=O)OC(C(=O)OCC)C(=O)OCC. The summed E-state index contributed by atoms with van der Waals surface area (Å²) >= 11 is 0. The Morgan fingerprint density at radius 1 is 1.12 bits per heavy atom. The standard InChI is InChI=1S/C10H14O6/c1-4-7(11)16-8(9(12)14-5-2)10(13)15-6-3/h4,8H,1,5-6H2,2-3H3. The van der Waals surface area contributed by atoms with Crippen LogP contribution in [0.3, 0.4) is 0 Å². The molecule has 16 heavy (non-hydrogen) atoms. The van der Waals surface area contributed by atoms with Crippen LogP contribution < -0.4 is 0 Å². The molecule has 0 bridgehead atoms. The molecule has 0 aliphatic heterocycles. The van der Waals surface area contributed by atoms with Crippen molar-refractivity contribution < 1.29 is 28.6 Å². The molecule has 0 unspecified atom stereocenters. The van der Waals surface area contributed by atoms with Crippen molar-refractivity contribution in [1.82, 2.24) is 0 Å². The second-order valence-electron chi connectivity index (χ2n) is 2.53. The topological polar surface area (TPSA) is 78.9 Å². The fraction of sp³-hybridized carbons (Fsp3) is 0.500. The van der Waals surface area contributed by atoms with Gasteiger partial charge in [0.2, 0.25) is 0 Å². The molecule has 0 saturated carbocycles. The predicted molar refractivity (Wildman–Crippen MR) is 53.3 cm³/mol. The Morgan fingerprint density at radius 2 is 1.56 bits per heavy atom. The van der Waals surface area contributed by atoms with E-state index in [1.807, 2.05) is 0 Å². The van der Waals surface area contributed by atoms with E-state index in [2.05, 4.69) is 20.8 Å². The number of carbonyl (C=O) groups excluding carboxylic acids is 3. The van der Waals surface area contributed by atoms with Gasteiger partial charge in [0.25, 0.3) is 6.10 Å². The van der Waals surface area contributed by atoms with E-state index in [0.29, 0.717) is 0 Å². The minimum Gasteiger partial charge on any atom is -0.463 e. The lowest BCUT2D eigenvalue weighted by Crippen LogP contribution is -2.37. The summed E-state index contributed by atoms with van der Waals surface area (Å²) in [6.07, 6.45) is -0.851. The molecule has 0 N–H and O–H groups in total. The van der Waals surface area contributed by atoms with Crippen molar-refractivity contribution in [1.29, 1.82) is 0 Å². The molecule has 6 nitrogen and oxygen atoms in total. The van der Waals surface area contributed by atoms with Gasteiger partial charge in [0.1, 0.15) is 0 Å². The van der Waals surface area contributed by atoms with Gasteiger partial charge in [0.05, 0.1) is 13.2 Å². The number of ether oxygens (including phenoxy) is 3. The first kappa shape index (κ1) is 14.2. The van der Waals surface area contributed by atoms with Gasteiger partial charge in [-0.25, -0.2) is 14.4 Å². The molecule has 0 radical (unpaired) electrons. The van der Waals surface area contributed by atoms with Crippen LogP contribution in [0.1, 0.15) is 13.8 Å². The summed E-state index contributed by atoms with van der Waals surface area (Å²) in [7, 11) is 0. The van der Waals surface area contributed by atoms with Crippen LogP contribution in [-0.2, 0) is 28.6 Å². The molecular weight excluding hydrogens is 216 g/mol. The van der Waals surface area contributed by atoms with Crippen molar-refractivity contribution in [3.8, 4) is 0 Å². The van der Waals surface area contributed by atoms with Gasteiger partial charge < -0.3 is 14.2 Å². The Labute approximate surface area is 93.2 Å². The Hall–Kier alpha value is -1.85. The number of hydrogen-bond acceptors (Lipinski definition) is 6. The van der Waals surface area contributed by atoms with Crippen LogP contribution >= 0.6 is 0 Å². The van der Waals surface area contributed by atoms with E-state index in [1.165, 1.54) is 0 Å². The molecule has 0 aromatic carbocycles. The van der Waals surface area contributed by atoms with Gasteiger partial charge in [-0.05, 0) is 13.8 Å². The summed E-state index contributed by atoms with van der Waals surface area (Å²) in [4.78, 5) is 33.4. The Bertz CT molecular complexity index is 265. The average molecular weight is 230 g/mol. The molecule has 0 rings (SSSR count). The highest BCUT2D eigenvalue weighted by Crippen LogP contribution is 2.01. The summed E-state index contributed by atoms with van der Waals surface area (Å²) < 4.78 is 13.7. The molecule has 0 amide bonds. The van der Waals surface area contributed by atoms with E-state index in [9.17, 15) is 14.4 Å². The summed E-state index contributed by atoms with van der Waals surface area (Å²) in [5.41, 5.74) is 0. The van der Waals surface area contributed by atoms with Gasteiger partial charge in [0, 0.05) is 6.08 Å². The van der Waals surface area contributed by atoms with Crippen LogP contribution in [0, 0.1) is 0 Å². The predicted octanol–water partition coefficient (Wildman–Crippen LogP) is 0.210. The second kappa shape index (κ2) is 7.44. The number of hydrogen-bond donors (Lipinski definition) is 0. The van der Waals surface area contributed by atoms with Gasteiger partial charge in [0.15, 0.2) is 0 Å². The molecular formula is C10H14O6. The van der Waals surface area contributed by atoms with Gasteiger partial charge in [-0.1, -0.05) is 6.58 Å². The fourth-order valence-corrected chi connectivity index (χ4v) is 0.793. The van der Waals surface area contributed by atoms with E-state index in [4.69, 9.17) is 0 Å². The second-order valence-corrected chi connectivity index (χ2v) is 2.53. The lowest BCUT2D eigenvalue weighted by atomic mass is 10.3. The molecule has 0 heterocycles. The smallest absolute Gasteiger partial charge is 0.359 e. The quantitative estimate of drug-likeness (QED) is 0.281. The van der Waals surface area contributed by atoms with Crippen molar-refractivity contribution in [3.63, 3.8) is 0 Å². The highest BCUT2D eigenvalue weighted by Gasteiger charge is 2.32. The molecule has 0 saturated heterocycles. The Balaban J connectivity index is 4.61. The third-order valence-corrected chi connectivity index (χ3v) is 1.40. The van der Waals surface area contributed by atoms with Crippen molar-refractivity contribution >= 4 is 17.9 Å². The van der Waals surface area contributed by atoms with E-state index in [1.54, 1.807) is 13.8 Å². The van der Waals surface area contributed by atoms with Gasteiger partial charge in [-0.3, -0.25) is 0 Å².